The van der Waals surface area contributed by atoms with Crippen LogP contribution in [0.25, 0.3) is 0 Å². The van der Waals surface area contributed by atoms with Crippen LogP contribution in [0, 0.1) is 0 Å². The Labute approximate surface area is 74.1 Å². The van der Waals surface area contributed by atoms with Crippen molar-refractivity contribution in [1.82, 2.24) is 0 Å². The van der Waals surface area contributed by atoms with Crippen LogP contribution in [0.15, 0.2) is 24.3 Å². The molecule has 0 saturated heterocycles. The summed E-state index contributed by atoms with van der Waals surface area (Å²) in [6.45, 7) is 0. The van der Waals surface area contributed by atoms with Gasteiger partial charge in [-0.2, -0.15) is 0 Å². The van der Waals surface area contributed by atoms with Crippen LogP contribution in [0.4, 0.5) is 0 Å². The van der Waals surface area contributed by atoms with Gasteiger partial charge in [-0.3, -0.25) is 9.59 Å². The minimum atomic E-state index is -2.40. The predicted molar refractivity (Wildman–Crippen MR) is 43.8 cm³/mol. The third-order valence-electron chi connectivity index (χ3n) is 0.986. The molecule has 0 aliphatic rings. The van der Waals surface area contributed by atoms with Crippen LogP contribution in [-0.2, 0) is 9.59 Å². The lowest BCUT2D eigenvalue weighted by Gasteiger charge is -2.10. The molecule has 0 rings (SSSR count). The summed E-state index contributed by atoms with van der Waals surface area (Å²) in [6, 6.07) is 0. The van der Waals surface area contributed by atoms with E-state index in [1.807, 2.05) is 0 Å². The van der Waals surface area contributed by atoms with Crippen molar-refractivity contribution in [2.24, 2.45) is 11.5 Å². The van der Waals surface area contributed by atoms with Crippen molar-refractivity contribution in [2.75, 3.05) is 0 Å². The van der Waals surface area contributed by atoms with Gasteiger partial charge in [0.15, 0.2) is 0 Å². The van der Waals surface area contributed by atoms with Gasteiger partial charge in [-0.1, -0.05) is 0 Å². The molecule has 6 nitrogen and oxygen atoms in total. The molecule has 0 atom stereocenters. The first-order valence-corrected chi connectivity index (χ1v) is 3.25. The summed E-state index contributed by atoms with van der Waals surface area (Å²) in [5.74, 6) is -4.07. The quantitative estimate of drug-likeness (QED) is 0.292. The van der Waals surface area contributed by atoms with Crippen LogP contribution in [0.1, 0.15) is 0 Å². The fourth-order valence-electron chi connectivity index (χ4n) is 0.465. The van der Waals surface area contributed by atoms with Crippen molar-refractivity contribution in [3.05, 3.63) is 24.3 Å². The summed E-state index contributed by atoms with van der Waals surface area (Å²) >= 11 is 0. The number of hydrogen-bond donors (Lipinski definition) is 4. The minimum absolute atomic E-state index is 0.717. The van der Waals surface area contributed by atoms with Crippen molar-refractivity contribution < 1.29 is 19.8 Å². The van der Waals surface area contributed by atoms with E-state index in [1.54, 1.807) is 0 Å². The van der Waals surface area contributed by atoms with Crippen molar-refractivity contribution in [2.45, 2.75) is 5.79 Å². The van der Waals surface area contributed by atoms with Crippen LogP contribution < -0.4 is 11.5 Å². The topological polar surface area (TPSA) is 127 Å². The zero-order chi connectivity index (χ0) is 10.5. The van der Waals surface area contributed by atoms with Crippen LogP contribution in [0.5, 0.6) is 0 Å². The molecule has 2 amide bonds. The number of amides is 2. The van der Waals surface area contributed by atoms with Gasteiger partial charge < -0.3 is 21.7 Å². The van der Waals surface area contributed by atoms with Crippen molar-refractivity contribution >= 4 is 11.8 Å². The van der Waals surface area contributed by atoms with Crippen LogP contribution in [-0.4, -0.2) is 27.8 Å². The van der Waals surface area contributed by atoms with Crippen molar-refractivity contribution in [3.8, 4) is 0 Å². The minimum Gasteiger partial charge on any atom is -0.366 e. The number of nitrogens with two attached hydrogens (primary N) is 2. The standard InChI is InChI=1S/C7H10N2O4/c8-5(10)1-3-7(12,13)4-2-6(9)11/h1-4,12-13H,(H2,8,10)(H2,9,11). The number of carbonyl (C=O) groups is 2. The number of hydrogen-bond acceptors (Lipinski definition) is 4. The molecule has 0 radical (unpaired) electrons. The molecule has 0 heterocycles. The Morgan fingerprint density at radius 2 is 1.31 bits per heavy atom. The van der Waals surface area contributed by atoms with Gasteiger partial charge in [-0.25, -0.2) is 0 Å². The predicted octanol–water partition coefficient (Wildman–Crippen LogP) is -2.25. The molecule has 72 valence electrons. The Bertz CT molecular complexity index is 242. The lowest BCUT2D eigenvalue weighted by molar-refractivity contribution is -0.114. The second-order valence-electron chi connectivity index (χ2n) is 2.25. The van der Waals surface area contributed by atoms with Gasteiger partial charge >= 0.3 is 0 Å². The third kappa shape index (κ3) is 6.73. The summed E-state index contributed by atoms with van der Waals surface area (Å²) in [5, 5.41) is 18.0. The fourth-order valence-corrected chi connectivity index (χ4v) is 0.465. The average Bonchev–Trinajstić information content (AvgIpc) is 1.98. The SMILES string of the molecule is NC(=O)C=CC(O)(O)C=CC(N)=O. The summed E-state index contributed by atoms with van der Waals surface area (Å²) in [4.78, 5) is 20.4. The fraction of sp³-hybridized carbons (Fsp3) is 0.143. The Hall–Kier alpha value is -1.66. The molecule has 0 aliphatic heterocycles. The first kappa shape index (κ1) is 11.3. The van der Waals surface area contributed by atoms with E-state index in [-0.39, 0.29) is 0 Å². The Morgan fingerprint density at radius 3 is 1.54 bits per heavy atom. The van der Waals surface area contributed by atoms with Gasteiger partial charge in [0, 0.05) is 12.2 Å². The molecule has 13 heavy (non-hydrogen) atoms. The maximum atomic E-state index is 10.2. The number of carbonyl (C=O) groups excluding carboxylic acids is 2. The van der Waals surface area contributed by atoms with Crippen LogP contribution in [0.2, 0.25) is 0 Å². The summed E-state index contributed by atoms with van der Waals surface area (Å²) in [7, 11) is 0. The Morgan fingerprint density at radius 1 is 1.00 bits per heavy atom. The third-order valence-corrected chi connectivity index (χ3v) is 0.986. The molecule has 0 saturated carbocycles. The van der Waals surface area contributed by atoms with Crippen LogP contribution in [0.3, 0.4) is 0 Å². The molecular weight excluding hydrogens is 176 g/mol. The molecule has 0 aliphatic carbocycles. The highest BCUT2D eigenvalue weighted by Crippen LogP contribution is 2.02. The zero-order valence-corrected chi connectivity index (χ0v) is 6.68. The van der Waals surface area contributed by atoms with Crippen molar-refractivity contribution in [3.63, 3.8) is 0 Å². The van der Waals surface area contributed by atoms with Gasteiger partial charge in [0.25, 0.3) is 0 Å². The molecule has 0 aromatic rings. The van der Waals surface area contributed by atoms with E-state index in [2.05, 4.69) is 0 Å². The average molecular weight is 186 g/mol. The highest BCUT2D eigenvalue weighted by atomic mass is 16.5. The maximum absolute atomic E-state index is 10.2. The molecule has 0 aromatic heterocycles. The summed E-state index contributed by atoms with van der Waals surface area (Å²) in [5.41, 5.74) is 9.38. The van der Waals surface area contributed by atoms with Gasteiger partial charge in [0.1, 0.15) is 0 Å². The molecule has 6 heteroatoms. The highest BCUT2D eigenvalue weighted by molar-refractivity contribution is 5.87. The highest BCUT2D eigenvalue weighted by Gasteiger charge is 2.14. The van der Waals surface area contributed by atoms with E-state index in [0.717, 1.165) is 24.3 Å². The van der Waals surface area contributed by atoms with E-state index in [4.69, 9.17) is 21.7 Å². The summed E-state index contributed by atoms with van der Waals surface area (Å²) in [6.07, 6.45) is 2.94. The van der Waals surface area contributed by atoms with E-state index in [0.29, 0.717) is 0 Å². The largest absolute Gasteiger partial charge is 0.366 e. The molecule has 0 aromatic carbocycles. The number of rotatable bonds is 4. The van der Waals surface area contributed by atoms with E-state index >= 15 is 0 Å². The van der Waals surface area contributed by atoms with E-state index < -0.39 is 17.6 Å². The van der Waals surface area contributed by atoms with Crippen molar-refractivity contribution in [1.29, 1.82) is 0 Å². The molecule has 0 bridgehead atoms. The molecular formula is C7H10N2O4. The summed E-state index contributed by atoms with van der Waals surface area (Å²) < 4.78 is 0. The lowest BCUT2D eigenvalue weighted by Crippen LogP contribution is -2.23. The molecule has 0 unspecified atom stereocenters. The number of primary amides is 2. The van der Waals surface area contributed by atoms with Crippen LogP contribution >= 0.6 is 0 Å². The molecule has 6 N–H and O–H groups in total. The normalized spacial score (nSPS) is 12.5. The second kappa shape index (κ2) is 4.39. The Balaban J connectivity index is 4.40. The van der Waals surface area contributed by atoms with Gasteiger partial charge in [0.05, 0.1) is 0 Å². The van der Waals surface area contributed by atoms with Gasteiger partial charge in [-0.15, -0.1) is 0 Å². The maximum Gasteiger partial charge on any atom is 0.241 e. The van der Waals surface area contributed by atoms with E-state index in [9.17, 15) is 9.59 Å². The zero-order valence-electron chi connectivity index (χ0n) is 6.68. The smallest absolute Gasteiger partial charge is 0.241 e. The number of aliphatic hydroxyl groups is 2. The van der Waals surface area contributed by atoms with Gasteiger partial charge in [0.2, 0.25) is 17.6 Å². The first-order chi connectivity index (χ1) is 5.83. The van der Waals surface area contributed by atoms with E-state index in [1.165, 1.54) is 0 Å². The lowest BCUT2D eigenvalue weighted by atomic mass is 10.2. The molecule has 0 fully saturated rings. The van der Waals surface area contributed by atoms with Gasteiger partial charge in [-0.05, 0) is 12.2 Å². The Kier molecular flexibility index (Phi) is 3.83. The second-order valence-corrected chi connectivity index (χ2v) is 2.25. The first-order valence-electron chi connectivity index (χ1n) is 3.25. The monoisotopic (exact) mass is 186 g/mol. The molecule has 0 spiro atoms.